The van der Waals surface area contributed by atoms with Gasteiger partial charge in [0.1, 0.15) is 0 Å². The lowest BCUT2D eigenvalue weighted by atomic mass is 10.1. The second kappa shape index (κ2) is 5.96. The van der Waals surface area contributed by atoms with Gasteiger partial charge in [0, 0.05) is 10.5 Å². The summed E-state index contributed by atoms with van der Waals surface area (Å²) in [5.74, 6) is 0. The lowest BCUT2D eigenvalue weighted by Gasteiger charge is -2.17. The molecule has 0 bridgehead atoms. The molecule has 2 aromatic carbocycles. The van der Waals surface area contributed by atoms with Crippen molar-refractivity contribution in [2.24, 2.45) is 0 Å². The zero-order valence-electron chi connectivity index (χ0n) is 9.75. The van der Waals surface area contributed by atoms with Crippen molar-refractivity contribution in [1.29, 1.82) is 0 Å². The zero-order valence-corrected chi connectivity index (χ0v) is 12.9. The molecule has 94 valence electrons. The maximum Gasteiger partial charge on any atom is 0.0835 e. The Morgan fingerprint density at radius 3 is 2.33 bits per heavy atom. The van der Waals surface area contributed by atoms with Crippen LogP contribution in [0.2, 0.25) is 10.0 Å². The highest BCUT2D eigenvalue weighted by Crippen LogP contribution is 2.37. The molecule has 0 radical (unpaired) electrons. The molecule has 0 aromatic heterocycles. The average Bonchev–Trinajstić information content (AvgIpc) is 2.40. The van der Waals surface area contributed by atoms with Gasteiger partial charge in [0.2, 0.25) is 0 Å². The Bertz CT molecular complexity index is 543. The molecule has 0 amide bonds. The second-order valence-electron chi connectivity index (χ2n) is 4.00. The highest BCUT2D eigenvalue weighted by molar-refractivity contribution is 9.10. The summed E-state index contributed by atoms with van der Waals surface area (Å²) in [5.41, 5.74) is 2.04. The van der Waals surface area contributed by atoms with E-state index in [-0.39, 0.29) is 6.04 Å². The second-order valence-corrected chi connectivity index (χ2v) is 5.61. The number of nitrogens with one attached hydrogen (secondary N) is 1. The Labute approximate surface area is 125 Å². The summed E-state index contributed by atoms with van der Waals surface area (Å²) >= 11 is 15.6. The number of hydrogen-bond donors (Lipinski definition) is 1. The van der Waals surface area contributed by atoms with Crippen molar-refractivity contribution < 1.29 is 0 Å². The number of anilines is 1. The summed E-state index contributed by atoms with van der Waals surface area (Å²) in [5, 5.41) is 4.42. The van der Waals surface area contributed by atoms with Crippen LogP contribution in [0.25, 0.3) is 0 Å². The molecule has 0 aliphatic carbocycles. The van der Waals surface area contributed by atoms with Crippen LogP contribution in [-0.4, -0.2) is 0 Å². The molecule has 0 aliphatic heterocycles. The van der Waals surface area contributed by atoms with Crippen LogP contribution < -0.4 is 5.32 Å². The van der Waals surface area contributed by atoms with E-state index in [2.05, 4.69) is 40.3 Å². The van der Waals surface area contributed by atoms with E-state index < -0.39 is 0 Å². The molecule has 0 spiro atoms. The number of hydrogen-bond acceptors (Lipinski definition) is 1. The van der Waals surface area contributed by atoms with Gasteiger partial charge in [-0.15, -0.1) is 0 Å². The molecule has 1 N–H and O–H groups in total. The van der Waals surface area contributed by atoms with E-state index in [4.69, 9.17) is 23.2 Å². The zero-order chi connectivity index (χ0) is 13.1. The Hall–Kier alpha value is -0.700. The molecule has 0 saturated carbocycles. The van der Waals surface area contributed by atoms with Crippen LogP contribution >= 0.6 is 39.1 Å². The molecule has 0 saturated heterocycles. The summed E-state index contributed by atoms with van der Waals surface area (Å²) < 4.78 is 0.798. The number of benzene rings is 2. The Morgan fingerprint density at radius 1 is 1.00 bits per heavy atom. The van der Waals surface area contributed by atoms with E-state index in [1.165, 1.54) is 5.56 Å². The molecule has 2 rings (SSSR count). The fourth-order valence-corrected chi connectivity index (χ4v) is 2.52. The first-order chi connectivity index (χ1) is 8.59. The quantitative estimate of drug-likeness (QED) is 0.680. The summed E-state index contributed by atoms with van der Waals surface area (Å²) in [7, 11) is 0. The van der Waals surface area contributed by atoms with Gasteiger partial charge in [-0.25, -0.2) is 0 Å². The van der Waals surface area contributed by atoms with Crippen LogP contribution in [0.3, 0.4) is 0 Å². The highest BCUT2D eigenvalue weighted by Gasteiger charge is 2.11. The van der Waals surface area contributed by atoms with Crippen molar-refractivity contribution in [3.05, 3.63) is 62.5 Å². The first kappa shape index (κ1) is 13.7. The molecule has 1 nitrogen and oxygen atoms in total. The molecule has 1 unspecified atom stereocenters. The maximum atomic E-state index is 6.21. The average molecular weight is 345 g/mol. The Kier molecular flexibility index (Phi) is 4.55. The fourth-order valence-electron chi connectivity index (χ4n) is 1.70. The smallest absolute Gasteiger partial charge is 0.0835 e. The van der Waals surface area contributed by atoms with E-state index in [9.17, 15) is 0 Å². The van der Waals surface area contributed by atoms with E-state index >= 15 is 0 Å². The van der Waals surface area contributed by atoms with Crippen LogP contribution in [0, 0.1) is 0 Å². The minimum atomic E-state index is 0.168. The maximum absolute atomic E-state index is 6.21. The Morgan fingerprint density at radius 2 is 1.67 bits per heavy atom. The van der Waals surface area contributed by atoms with Gasteiger partial charge in [-0.05, 0) is 40.5 Å². The van der Waals surface area contributed by atoms with Gasteiger partial charge >= 0.3 is 0 Å². The number of halogens is 3. The molecule has 0 aliphatic rings. The molecule has 18 heavy (non-hydrogen) atoms. The third kappa shape index (κ3) is 3.00. The van der Waals surface area contributed by atoms with Crippen LogP contribution in [0.15, 0.2) is 46.9 Å². The molecule has 4 heteroatoms. The van der Waals surface area contributed by atoms with Crippen LogP contribution in [-0.2, 0) is 0 Å². The lowest BCUT2D eigenvalue weighted by Crippen LogP contribution is -2.06. The van der Waals surface area contributed by atoms with E-state index in [0.717, 1.165) is 10.2 Å². The topological polar surface area (TPSA) is 12.0 Å². The monoisotopic (exact) mass is 343 g/mol. The van der Waals surface area contributed by atoms with Crippen molar-refractivity contribution in [3.63, 3.8) is 0 Å². The minimum absolute atomic E-state index is 0.168. The van der Waals surface area contributed by atoms with Gasteiger partial charge in [-0.3, -0.25) is 0 Å². The lowest BCUT2D eigenvalue weighted by molar-refractivity contribution is 0.885. The molecule has 2 aromatic rings. The molecular formula is C14H12BrCl2N. The highest BCUT2D eigenvalue weighted by atomic mass is 79.9. The number of rotatable bonds is 3. The summed E-state index contributed by atoms with van der Waals surface area (Å²) in [4.78, 5) is 0. The summed E-state index contributed by atoms with van der Waals surface area (Å²) in [6, 6.07) is 14.2. The molecule has 0 heterocycles. The van der Waals surface area contributed by atoms with Gasteiger partial charge in [-0.1, -0.05) is 53.5 Å². The van der Waals surface area contributed by atoms with E-state index in [0.29, 0.717) is 10.0 Å². The first-order valence-electron chi connectivity index (χ1n) is 5.54. The predicted octanol–water partition coefficient (Wildman–Crippen LogP) is 5.93. The molecule has 0 fully saturated rings. The standard InChI is InChI=1S/C14H12BrCl2N/c1-9(10-5-3-2-4-6-10)18-12-8-7-11(15)13(16)14(12)17/h2-9,18H,1H3. The van der Waals surface area contributed by atoms with Gasteiger partial charge < -0.3 is 5.32 Å². The third-order valence-corrected chi connectivity index (χ3v) is 4.48. The SMILES string of the molecule is CC(Nc1ccc(Br)c(Cl)c1Cl)c1ccccc1. The van der Waals surface area contributed by atoms with Crippen molar-refractivity contribution in [2.45, 2.75) is 13.0 Å². The first-order valence-corrected chi connectivity index (χ1v) is 7.09. The van der Waals surface area contributed by atoms with Gasteiger partial charge in [-0.2, -0.15) is 0 Å². The molecule has 1 atom stereocenters. The third-order valence-electron chi connectivity index (χ3n) is 2.71. The van der Waals surface area contributed by atoms with Gasteiger partial charge in [0.15, 0.2) is 0 Å². The van der Waals surface area contributed by atoms with E-state index in [1.54, 1.807) is 0 Å². The van der Waals surface area contributed by atoms with Crippen molar-refractivity contribution >= 4 is 44.8 Å². The minimum Gasteiger partial charge on any atom is -0.377 e. The summed E-state index contributed by atoms with van der Waals surface area (Å²) in [6.45, 7) is 2.08. The summed E-state index contributed by atoms with van der Waals surface area (Å²) in [6.07, 6.45) is 0. The fraction of sp³-hybridized carbons (Fsp3) is 0.143. The van der Waals surface area contributed by atoms with Crippen LogP contribution in [0.1, 0.15) is 18.5 Å². The van der Waals surface area contributed by atoms with Crippen molar-refractivity contribution in [2.75, 3.05) is 5.32 Å². The normalized spacial score (nSPS) is 12.2. The van der Waals surface area contributed by atoms with Crippen molar-refractivity contribution in [1.82, 2.24) is 0 Å². The van der Waals surface area contributed by atoms with Crippen LogP contribution in [0.4, 0.5) is 5.69 Å². The Balaban J connectivity index is 2.22. The predicted molar refractivity (Wildman–Crippen MR) is 82.6 cm³/mol. The van der Waals surface area contributed by atoms with E-state index in [1.807, 2.05) is 30.3 Å². The molecular weight excluding hydrogens is 333 g/mol. The van der Waals surface area contributed by atoms with Gasteiger partial charge in [0.05, 0.1) is 15.7 Å². The van der Waals surface area contributed by atoms with Crippen molar-refractivity contribution in [3.8, 4) is 0 Å². The van der Waals surface area contributed by atoms with Crippen LogP contribution in [0.5, 0.6) is 0 Å². The largest absolute Gasteiger partial charge is 0.377 e. The van der Waals surface area contributed by atoms with Gasteiger partial charge in [0.25, 0.3) is 0 Å².